The lowest BCUT2D eigenvalue weighted by atomic mass is 10.1. The second-order valence-corrected chi connectivity index (χ2v) is 7.58. The van der Waals surface area contributed by atoms with Crippen LogP contribution in [0.5, 0.6) is 0 Å². The van der Waals surface area contributed by atoms with Crippen LogP contribution in [0.25, 0.3) is 11.0 Å². The number of benzene rings is 2. The molecule has 0 radical (unpaired) electrons. The molecule has 2 aromatic carbocycles. The quantitative estimate of drug-likeness (QED) is 0.636. The first kappa shape index (κ1) is 19.7. The number of hydrogen-bond donors (Lipinski definition) is 1. The lowest BCUT2D eigenvalue weighted by Gasteiger charge is -2.33. The standard InChI is InChI=1S/C23H26N2O3/c1-14(2)25(15(3)4)19-11-8-17-12-20(23(27)28-21(17)13-19)22(26)24-18-9-6-16(5)7-10-18/h6-15H,1-5H3,(H,24,26). The smallest absolute Gasteiger partial charge is 0.349 e. The maximum Gasteiger partial charge on any atom is 0.349 e. The highest BCUT2D eigenvalue weighted by molar-refractivity contribution is 6.05. The third-order valence-electron chi connectivity index (χ3n) is 4.68. The summed E-state index contributed by atoms with van der Waals surface area (Å²) in [4.78, 5) is 27.2. The molecule has 1 aromatic heterocycles. The Balaban J connectivity index is 1.94. The maximum atomic E-state index is 12.5. The van der Waals surface area contributed by atoms with Crippen molar-refractivity contribution in [2.75, 3.05) is 10.2 Å². The topological polar surface area (TPSA) is 62.6 Å². The minimum Gasteiger partial charge on any atom is -0.422 e. The second-order valence-electron chi connectivity index (χ2n) is 7.58. The number of rotatable bonds is 5. The summed E-state index contributed by atoms with van der Waals surface area (Å²) < 4.78 is 5.48. The molecule has 0 saturated heterocycles. The fourth-order valence-corrected chi connectivity index (χ4v) is 3.45. The van der Waals surface area contributed by atoms with E-state index in [2.05, 4.69) is 37.9 Å². The Labute approximate surface area is 165 Å². The van der Waals surface area contributed by atoms with Crippen LogP contribution in [0.4, 0.5) is 11.4 Å². The average Bonchev–Trinajstić information content (AvgIpc) is 2.62. The molecule has 0 saturated carbocycles. The van der Waals surface area contributed by atoms with Gasteiger partial charge in [-0.25, -0.2) is 4.79 Å². The van der Waals surface area contributed by atoms with Gasteiger partial charge < -0.3 is 14.6 Å². The van der Waals surface area contributed by atoms with Gasteiger partial charge >= 0.3 is 5.63 Å². The molecule has 1 amide bonds. The van der Waals surface area contributed by atoms with E-state index in [0.717, 1.165) is 11.3 Å². The van der Waals surface area contributed by atoms with Gasteiger partial charge in [0.1, 0.15) is 11.1 Å². The van der Waals surface area contributed by atoms with Crippen molar-refractivity contribution in [3.8, 4) is 0 Å². The number of anilines is 2. The summed E-state index contributed by atoms with van der Waals surface area (Å²) in [5.41, 5.74) is 2.53. The predicted molar refractivity (Wildman–Crippen MR) is 114 cm³/mol. The van der Waals surface area contributed by atoms with Crippen molar-refractivity contribution >= 4 is 28.3 Å². The van der Waals surface area contributed by atoms with Gasteiger partial charge in [0.25, 0.3) is 5.91 Å². The molecule has 28 heavy (non-hydrogen) atoms. The summed E-state index contributed by atoms with van der Waals surface area (Å²) in [6.45, 7) is 10.5. The average molecular weight is 378 g/mol. The highest BCUT2D eigenvalue weighted by Crippen LogP contribution is 2.25. The van der Waals surface area contributed by atoms with Crippen LogP contribution in [0.2, 0.25) is 0 Å². The van der Waals surface area contributed by atoms with Gasteiger partial charge in [0.05, 0.1) is 0 Å². The maximum absolute atomic E-state index is 12.5. The number of amides is 1. The van der Waals surface area contributed by atoms with E-state index in [1.165, 1.54) is 0 Å². The molecule has 3 rings (SSSR count). The number of carbonyl (C=O) groups is 1. The molecule has 0 unspecified atom stereocenters. The van der Waals surface area contributed by atoms with Crippen molar-refractivity contribution in [2.45, 2.75) is 46.7 Å². The number of nitrogens with zero attached hydrogens (tertiary/aromatic N) is 1. The summed E-state index contributed by atoms with van der Waals surface area (Å²) in [6, 6.07) is 15.3. The Morgan fingerprint density at radius 1 is 0.964 bits per heavy atom. The zero-order valence-corrected chi connectivity index (χ0v) is 16.9. The van der Waals surface area contributed by atoms with Crippen LogP contribution in [0, 0.1) is 6.92 Å². The van der Waals surface area contributed by atoms with Crippen LogP contribution in [-0.2, 0) is 0 Å². The minimum atomic E-state index is -0.644. The molecule has 0 aliphatic carbocycles. The summed E-state index contributed by atoms with van der Waals surface area (Å²) in [5, 5.41) is 3.46. The van der Waals surface area contributed by atoms with Gasteiger partial charge in [0.15, 0.2) is 0 Å². The summed E-state index contributed by atoms with van der Waals surface area (Å²) in [5.74, 6) is -0.477. The van der Waals surface area contributed by atoms with Crippen molar-refractivity contribution in [1.82, 2.24) is 0 Å². The molecule has 0 aliphatic rings. The van der Waals surface area contributed by atoms with Crippen molar-refractivity contribution in [3.63, 3.8) is 0 Å². The zero-order chi connectivity index (χ0) is 20.4. The van der Waals surface area contributed by atoms with E-state index in [1.807, 2.05) is 37.3 Å². The van der Waals surface area contributed by atoms with Gasteiger partial charge in [0, 0.05) is 34.9 Å². The lowest BCUT2D eigenvalue weighted by Crippen LogP contribution is -2.36. The van der Waals surface area contributed by atoms with Gasteiger partial charge in [-0.1, -0.05) is 17.7 Å². The van der Waals surface area contributed by atoms with E-state index in [4.69, 9.17) is 4.42 Å². The predicted octanol–water partition coefficient (Wildman–Crippen LogP) is 4.98. The third kappa shape index (κ3) is 4.09. The summed E-state index contributed by atoms with van der Waals surface area (Å²) >= 11 is 0. The van der Waals surface area contributed by atoms with Gasteiger partial charge in [0.2, 0.25) is 0 Å². The van der Waals surface area contributed by atoms with Crippen molar-refractivity contribution < 1.29 is 9.21 Å². The van der Waals surface area contributed by atoms with Gasteiger partial charge in [-0.05, 0) is 65.0 Å². The Hall–Kier alpha value is -3.08. The molecule has 1 N–H and O–H groups in total. The Morgan fingerprint density at radius 3 is 2.21 bits per heavy atom. The SMILES string of the molecule is Cc1ccc(NC(=O)c2cc3ccc(N(C(C)C)C(C)C)cc3oc2=O)cc1. The molecule has 0 spiro atoms. The van der Waals surface area contributed by atoms with Crippen LogP contribution >= 0.6 is 0 Å². The summed E-state index contributed by atoms with van der Waals surface area (Å²) in [6.07, 6.45) is 0. The number of aryl methyl sites for hydroxylation is 1. The molecule has 0 aliphatic heterocycles. The number of nitrogens with one attached hydrogen (secondary N) is 1. The Kier molecular flexibility index (Phi) is 5.54. The molecule has 1 heterocycles. The molecular weight excluding hydrogens is 352 g/mol. The van der Waals surface area contributed by atoms with Crippen molar-refractivity contribution in [3.05, 3.63) is 70.1 Å². The molecular formula is C23H26N2O3. The van der Waals surface area contributed by atoms with E-state index < -0.39 is 11.5 Å². The van der Waals surface area contributed by atoms with Gasteiger partial charge in [-0.15, -0.1) is 0 Å². The molecule has 0 fully saturated rings. The highest BCUT2D eigenvalue weighted by atomic mass is 16.4. The number of carbonyl (C=O) groups excluding carboxylic acids is 1. The third-order valence-corrected chi connectivity index (χ3v) is 4.68. The van der Waals surface area contributed by atoms with Crippen molar-refractivity contribution in [2.24, 2.45) is 0 Å². The van der Waals surface area contributed by atoms with E-state index in [9.17, 15) is 9.59 Å². The van der Waals surface area contributed by atoms with Gasteiger partial charge in [-0.3, -0.25) is 4.79 Å². The monoisotopic (exact) mass is 378 g/mol. The molecule has 0 bridgehead atoms. The molecule has 146 valence electrons. The zero-order valence-electron chi connectivity index (χ0n) is 16.9. The van der Waals surface area contributed by atoms with Crippen LogP contribution in [0.3, 0.4) is 0 Å². The van der Waals surface area contributed by atoms with Crippen LogP contribution in [-0.4, -0.2) is 18.0 Å². The first-order chi connectivity index (χ1) is 13.3. The number of hydrogen-bond acceptors (Lipinski definition) is 4. The molecule has 5 heteroatoms. The number of fused-ring (bicyclic) bond motifs is 1. The van der Waals surface area contributed by atoms with E-state index in [-0.39, 0.29) is 5.56 Å². The molecule has 5 nitrogen and oxygen atoms in total. The Morgan fingerprint density at radius 2 is 1.61 bits per heavy atom. The first-order valence-electron chi connectivity index (χ1n) is 9.50. The highest BCUT2D eigenvalue weighted by Gasteiger charge is 2.17. The largest absolute Gasteiger partial charge is 0.422 e. The minimum absolute atomic E-state index is 0.00889. The van der Waals surface area contributed by atoms with Crippen LogP contribution in [0.15, 0.2) is 57.7 Å². The van der Waals surface area contributed by atoms with E-state index >= 15 is 0 Å². The molecule has 0 atom stereocenters. The normalized spacial score (nSPS) is 11.2. The summed E-state index contributed by atoms with van der Waals surface area (Å²) in [7, 11) is 0. The van der Waals surface area contributed by atoms with Crippen molar-refractivity contribution in [1.29, 1.82) is 0 Å². The van der Waals surface area contributed by atoms with E-state index in [0.29, 0.717) is 28.7 Å². The van der Waals surface area contributed by atoms with Gasteiger partial charge in [-0.2, -0.15) is 0 Å². The first-order valence-corrected chi connectivity index (χ1v) is 9.50. The lowest BCUT2D eigenvalue weighted by molar-refractivity contribution is 0.102. The second kappa shape index (κ2) is 7.89. The van der Waals surface area contributed by atoms with E-state index in [1.54, 1.807) is 18.2 Å². The fraction of sp³-hybridized carbons (Fsp3) is 0.304. The molecule has 3 aromatic rings. The fourth-order valence-electron chi connectivity index (χ4n) is 3.45. The van der Waals surface area contributed by atoms with Crippen LogP contribution in [0.1, 0.15) is 43.6 Å². The Bertz CT molecular complexity index is 1040. The van der Waals surface area contributed by atoms with Crippen LogP contribution < -0.4 is 15.8 Å².